The number of unbranched alkanes of at least 4 members (excludes halogenated alkanes) is 24. The maximum atomic E-state index is 11.9. The molecule has 0 aliphatic rings. The largest absolute Gasteiger partial charge is 0.463 e. The molecule has 41 heavy (non-hydrogen) atoms. The van der Waals surface area contributed by atoms with Crippen LogP contribution in [0.4, 0.5) is 0 Å². The van der Waals surface area contributed by atoms with E-state index in [0.29, 0.717) is 26.1 Å². The molecule has 0 atom stereocenters. The van der Waals surface area contributed by atoms with E-state index in [-0.39, 0.29) is 25.2 Å². The molecule has 0 radical (unpaired) electrons. The molecule has 0 unspecified atom stereocenters. The summed E-state index contributed by atoms with van der Waals surface area (Å²) < 4.78 is 15.9. The predicted molar refractivity (Wildman–Crippen MR) is 173 cm³/mol. The average molecular weight is 583 g/mol. The molecular weight excluding hydrogens is 512 g/mol. The third kappa shape index (κ3) is 35.0. The lowest BCUT2D eigenvalue weighted by atomic mass is 10.0. The van der Waals surface area contributed by atoms with Crippen LogP contribution in [0.5, 0.6) is 0 Å². The molecule has 0 aliphatic heterocycles. The van der Waals surface area contributed by atoms with Crippen LogP contribution in [0, 0.1) is 0 Å². The Kier molecular flexibility index (Phi) is 34.2. The summed E-state index contributed by atoms with van der Waals surface area (Å²) in [6.07, 6.45) is 34.8. The van der Waals surface area contributed by atoms with E-state index in [1.807, 2.05) is 0 Å². The van der Waals surface area contributed by atoms with Gasteiger partial charge < -0.3 is 14.2 Å². The van der Waals surface area contributed by atoms with E-state index < -0.39 is 0 Å². The third-order valence-electron chi connectivity index (χ3n) is 7.95. The first-order valence-corrected chi connectivity index (χ1v) is 18.1. The van der Waals surface area contributed by atoms with Crippen molar-refractivity contribution in [3.8, 4) is 0 Å². The van der Waals surface area contributed by atoms with E-state index in [1.165, 1.54) is 141 Å². The van der Waals surface area contributed by atoms with Gasteiger partial charge in [0.05, 0.1) is 13.2 Å². The van der Waals surface area contributed by atoms with Crippen LogP contribution >= 0.6 is 0 Å². The normalized spacial score (nSPS) is 11.2. The first-order chi connectivity index (χ1) is 20.2. The Morgan fingerprint density at radius 2 is 0.585 bits per heavy atom. The van der Waals surface area contributed by atoms with Crippen molar-refractivity contribution in [2.45, 2.75) is 194 Å². The minimum Gasteiger partial charge on any atom is -0.463 e. The molecule has 0 rings (SSSR count). The smallest absolute Gasteiger partial charge is 0.305 e. The standard InChI is InChI=1S/C36H70O5/c1-3-5-7-9-11-13-15-16-17-18-20-22-24-26-28-30-36(38)41-34-32-39-31-33-40-35(37)29-27-25-23-21-19-14-12-10-8-6-4-2/h3-34H2,1-2H3. The van der Waals surface area contributed by atoms with Crippen molar-refractivity contribution in [1.29, 1.82) is 0 Å². The van der Waals surface area contributed by atoms with E-state index in [1.54, 1.807) is 0 Å². The van der Waals surface area contributed by atoms with E-state index in [9.17, 15) is 9.59 Å². The van der Waals surface area contributed by atoms with E-state index >= 15 is 0 Å². The molecule has 244 valence electrons. The zero-order valence-corrected chi connectivity index (χ0v) is 27.7. The van der Waals surface area contributed by atoms with Gasteiger partial charge in [-0.3, -0.25) is 9.59 Å². The van der Waals surface area contributed by atoms with Gasteiger partial charge in [-0.2, -0.15) is 0 Å². The predicted octanol–water partition coefficient (Wildman–Crippen LogP) is 11.1. The molecule has 0 aromatic heterocycles. The molecule has 0 saturated heterocycles. The summed E-state index contributed by atoms with van der Waals surface area (Å²) in [7, 11) is 0. The van der Waals surface area contributed by atoms with Gasteiger partial charge in [-0.15, -0.1) is 0 Å². The van der Waals surface area contributed by atoms with Crippen LogP contribution in [0.3, 0.4) is 0 Å². The Labute approximate surface area is 255 Å². The highest BCUT2D eigenvalue weighted by Crippen LogP contribution is 2.14. The van der Waals surface area contributed by atoms with Gasteiger partial charge in [0.15, 0.2) is 0 Å². The molecule has 0 amide bonds. The van der Waals surface area contributed by atoms with Crippen molar-refractivity contribution in [3.05, 3.63) is 0 Å². The second-order valence-electron chi connectivity index (χ2n) is 12.0. The number of hydrogen-bond donors (Lipinski definition) is 0. The summed E-state index contributed by atoms with van der Waals surface area (Å²) in [6.45, 7) is 5.76. The first-order valence-electron chi connectivity index (χ1n) is 18.1. The van der Waals surface area contributed by atoms with Crippen LogP contribution in [0.15, 0.2) is 0 Å². The van der Waals surface area contributed by atoms with Gasteiger partial charge in [-0.1, -0.05) is 168 Å². The van der Waals surface area contributed by atoms with Gasteiger partial charge in [0.25, 0.3) is 0 Å². The van der Waals surface area contributed by atoms with E-state index in [4.69, 9.17) is 14.2 Å². The number of carbonyl (C=O) groups is 2. The molecule has 0 fully saturated rings. The molecule has 0 aromatic carbocycles. The Morgan fingerprint density at radius 1 is 0.341 bits per heavy atom. The summed E-state index contributed by atoms with van der Waals surface area (Å²) in [4.78, 5) is 23.7. The molecule has 0 heterocycles. The second kappa shape index (κ2) is 35.1. The monoisotopic (exact) mass is 583 g/mol. The maximum Gasteiger partial charge on any atom is 0.305 e. The SMILES string of the molecule is CCCCCCCCCCCCCCCCCC(=O)OCCOCCOC(=O)CCCCCCCCCCCCC. The molecule has 0 saturated carbocycles. The van der Waals surface area contributed by atoms with Crippen molar-refractivity contribution in [2.24, 2.45) is 0 Å². The minimum absolute atomic E-state index is 0.137. The lowest BCUT2D eigenvalue weighted by molar-refractivity contribution is -0.146. The zero-order chi connectivity index (χ0) is 29.9. The van der Waals surface area contributed by atoms with Crippen LogP contribution in [0.25, 0.3) is 0 Å². The summed E-state index contributed by atoms with van der Waals surface area (Å²) in [6, 6.07) is 0. The maximum absolute atomic E-state index is 11.9. The fraction of sp³-hybridized carbons (Fsp3) is 0.944. The van der Waals surface area contributed by atoms with Crippen molar-refractivity contribution in [2.75, 3.05) is 26.4 Å². The fourth-order valence-corrected chi connectivity index (χ4v) is 5.25. The van der Waals surface area contributed by atoms with E-state index in [0.717, 1.165) is 25.7 Å². The van der Waals surface area contributed by atoms with Crippen molar-refractivity contribution in [3.63, 3.8) is 0 Å². The lowest BCUT2D eigenvalue weighted by Crippen LogP contribution is -2.14. The molecule has 5 heteroatoms. The van der Waals surface area contributed by atoms with Crippen molar-refractivity contribution < 1.29 is 23.8 Å². The Bertz CT molecular complexity index is 536. The van der Waals surface area contributed by atoms with Gasteiger partial charge in [0, 0.05) is 12.8 Å². The quantitative estimate of drug-likeness (QED) is 0.0558. The average Bonchev–Trinajstić information content (AvgIpc) is 2.97. The van der Waals surface area contributed by atoms with Crippen LogP contribution < -0.4 is 0 Å². The summed E-state index contributed by atoms with van der Waals surface area (Å²) >= 11 is 0. The molecule has 0 N–H and O–H groups in total. The van der Waals surface area contributed by atoms with Crippen LogP contribution in [-0.4, -0.2) is 38.4 Å². The topological polar surface area (TPSA) is 61.8 Å². The zero-order valence-electron chi connectivity index (χ0n) is 27.7. The highest BCUT2D eigenvalue weighted by molar-refractivity contribution is 5.69. The number of ether oxygens (including phenoxy) is 3. The molecule has 0 bridgehead atoms. The molecule has 5 nitrogen and oxygen atoms in total. The van der Waals surface area contributed by atoms with E-state index in [2.05, 4.69) is 13.8 Å². The lowest BCUT2D eigenvalue weighted by Gasteiger charge is -2.07. The summed E-state index contributed by atoms with van der Waals surface area (Å²) in [5, 5.41) is 0. The summed E-state index contributed by atoms with van der Waals surface area (Å²) in [5.74, 6) is -0.277. The second-order valence-corrected chi connectivity index (χ2v) is 12.0. The van der Waals surface area contributed by atoms with Gasteiger partial charge >= 0.3 is 11.9 Å². The highest BCUT2D eigenvalue weighted by atomic mass is 16.6. The fourth-order valence-electron chi connectivity index (χ4n) is 5.25. The van der Waals surface area contributed by atoms with Gasteiger partial charge in [0.2, 0.25) is 0 Å². The number of esters is 2. The Balaban J connectivity index is 3.25. The Morgan fingerprint density at radius 3 is 0.854 bits per heavy atom. The van der Waals surface area contributed by atoms with Crippen LogP contribution in [0.1, 0.15) is 194 Å². The van der Waals surface area contributed by atoms with Crippen molar-refractivity contribution in [1.82, 2.24) is 0 Å². The first kappa shape index (κ1) is 39.9. The number of rotatable bonds is 34. The van der Waals surface area contributed by atoms with Crippen LogP contribution in [0.2, 0.25) is 0 Å². The Hall–Kier alpha value is -1.10. The number of carbonyl (C=O) groups excluding carboxylic acids is 2. The molecule has 0 aromatic rings. The van der Waals surface area contributed by atoms with Crippen molar-refractivity contribution >= 4 is 11.9 Å². The van der Waals surface area contributed by atoms with Gasteiger partial charge in [-0.25, -0.2) is 0 Å². The highest BCUT2D eigenvalue weighted by Gasteiger charge is 2.04. The third-order valence-corrected chi connectivity index (χ3v) is 7.95. The molecular formula is C36H70O5. The molecule has 0 spiro atoms. The van der Waals surface area contributed by atoms with Gasteiger partial charge in [0.1, 0.15) is 13.2 Å². The van der Waals surface area contributed by atoms with Gasteiger partial charge in [-0.05, 0) is 12.8 Å². The number of hydrogen-bond acceptors (Lipinski definition) is 5. The minimum atomic E-state index is -0.139. The summed E-state index contributed by atoms with van der Waals surface area (Å²) in [5.41, 5.74) is 0. The van der Waals surface area contributed by atoms with Crippen LogP contribution in [-0.2, 0) is 23.8 Å². The molecule has 0 aliphatic carbocycles.